The smallest absolute Gasteiger partial charge is 0.163 e. The second-order valence-corrected chi connectivity index (χ2v) is 6.93. The van der Waals surface area contributed by atoms with E-state index in [1.54, 1.807) is 12.4 Å². The Morgan fingerprint density at radius 1 is 1.03 bits per heavy atom. The Balaban J connectivity index is 1.42. The summed E-state index contributed by atoms with van der Waals surface area (Å²) in [4.78, 5) is 17.5. The van der Waals surface area contributed by atoms with Crippen LogP contribution in [0, 0.1) is 5.82 Å². The van der Waals surface area contributed by atoms with Gasteiger partial charge in [-0.15, -0.1) is 0 Å². The van der Waals surface area contributed by atoms with Gasteiger partial charge in [-0.2, -0.15) is 0 Å². The monoisotopic (exact) mass is 383 g/mol. The summed E-state index contributed by atoms with van der Waals surface area (Å²) in [5.74, 6) is 0.644. The van der Waals surface area contributed by atoms with Crippen LogP contribution in [0.2, 0.25) is 0 Å². The first-order valence-corrected chi connectivity index (χ1v) is 9.53. The SMILES string of the molecule is Fc1cncc(-c2nc(NCCC3=CCc4ccccc43)c3ncccc3n2)c1. The number of hydrogen-bond donors (Lipinski definition) is 1. The number of pyridine rings is 2. The molecule has 0 saturated carbocycles. The molecule has 142 valence electrons. The first-order valence-electron chi connectivity index (χ1n) is 9.53. The number of allylic oxidation sites excluding steroid dienone is 1. The van der Waals surface area contributed by atoms with Gasteiger partial charge < -0.3 is 5.32 Å². The van der Waals surface area contributed by atoms with Gasteiger partial charge in [-0.3, -0.25) is 9.97 Å². The third-order valence-corrected chi connectivity index (χ3v) is 5.04. The van der Waals surface area contributed by atoms with Crippen molar-refractivity contribution in [3.63, 3.8) is 0 Å². The van der Waals surface area contributed by atoms with Crippen LogP contribution >= 0.6 is 0 Å². The van der Waals surface area contributed by atoms with Crippen LogP contribution in [0.5, 0.6) is 0 Å². The summed E-state index contributed by atoms with van der Waals surface area (Å²) in [6.45, 7) is 0.712. The Morgan fingerprint density at radius 3 is 2.90 bits per heavy atom. The third-order valence-electron chi connectivity index (χ3n) is 5.04. The van der Waals surface area contributed by atoms with Gasteiger partial charge in [0, 0.05) is 24.5 Å². The zero-order valence-electron chi connectivity index (χ0n) is 15.6. The molecule has 0 amide bonds. The molecule has 0 radical (unpaired) electrons. The van der Waals surface area contributed by atoms with Crippen molar-refractivity contribution in [2.75, 3.05) is 11.9 Å². The van der Waals surface area contributed by atoms with Crippen molar-refractivity contribution < 1.29 is 4.39 Å². The number of rotatable bonds is 5. The number of anilines is 1. The highest BCUT2D eigenvalue weighted by Gasteiger charge is 2.14. The Labute approximate surface area is 167 Å². The summed E-state index contributed by atoms with van der Waals surface area (Å²) < 4.78 is 13.6. The van der Waals surface area contributed by atoms with Crippen LogP contribution in [0.15, 0.2) is 67.1 Å². The summed E-state index contributed by atoms with van der Waals surface area (Å²) in [7, 11) is 0. The van der Waals surface area contributed by atoms with E-state index in [-0.39, 0.29) is 0 Å². The van der Waals surface area contributed by atoms with E-state index in [2.05, 4.69) is 55.6 Å². The van der Waals surface area contributed by atoms with Crippen LogP contribution in [0.4, 0.5) is 10.2 Å². The molecule has 0 spiro atoms. The van der Waals surface area contributed by atoms with Crippen LogP contribution in [-0.4, -0.2) is 26.5 Å². The van der Waals surface area contributed by atoms with Crippen molar-refractivity contribution >= 4 is 22.4 Å². The summed E-state index contributed by atoms with van der Waals surface area (Å²) in [6.07, 6.45) is 8.60. The standard InChI is InChI=1S/C23H18FN5/c24-18-12-17(13-25-14-18)22-28-20-6-3-10-26-21(20)23(29-22)27-11-9-16-8-7-15-4-1-2-5-19(15)16/h1-6,8,10,12-14H,7,9,11H2,(H,27,28,29). The number of fused-ring (bicyclic) bond motifs is 2. The molecule has 0 saturated heterocycles. The second kappa shape index (κ2) is 7.39. The molecule has 3 heterocycles. The lowest BCUT2D eigenvalue weighted by molar-refractivity contribution is 0.622. The molecule has 4 aromatic rings. The number of halogens is 1. The van der Waals surface area contributed by atoms with Crippen molar-refractivity contribution in [1.82, 2.24) is 19.9 Å². The third kappa shape index (κ3) is 3.45. The van der Waals surface area contributed by atoms with Gasteiger partial charge in [0.25, 0.3) is 0 Å². The van der Waals surface area contributed by atoms with Crippen LogP contribution in [0.3, 0.4) is 0 Å². The zero-order valence-corrected chi connectivity index (χ0v) is 15.6. The van der Waals surface area contributed by atoms with Crippen molar-refractivity contribution in [2.45, 2.75) is 12.8 Å². The van der Waals surface area contributed by atoms with E-state index in [9.17, 15) is 4.39 Å². The highest BCUT2D eigenvalue weighted by molar-refractivity contribution is 5.86. The first-order chi connectivity index (χ1) is 14.3. The lowest BCUT2D eigenvalue weighted by Gasteiger charge is -2.11. The van der Waals surface area contributed by atoms with Gasteiger partial charge in [0.05, 0.1) is 11.7 Å². The van der Waals surface area contributed by atoms with Crippen molar-refractivity contribution in [3.8, 4) is 11.4 Å². The molecule has 0 unspecified atom stereocenters. The Bertz CT molecular complexity index is 1230. The van der Waals surface area contributed by atoms with E-state index >= 15 is 0 Å². The predicted molar refractivity (Wildman–Crippen MR) is 112 cm³/mol. The van der Waals surface area contributed by atoms with Crippen LogP contribution in [0.25, 0.3) is 28.0 Å². The first kappa shape index (κ1) is 17.4. The quantitative estimate of drug-likeness (QED) is 0.543. The fourth-order valence-electron chi connectivity index (χ4n) is 3.66. The van der Waals surface area contributed by atoms with E-state index < -0.39 is 5.82 Å². The molecule has 1 N–H and O–H groups in total. The Morgan fingerprint density at radius 2 is 1.97 bits per heavy atom. The molecule has 0 bridgehead atoms. The molecule has 1 aliphatic rings. The van der Waals surface area contributed by atoms with Crippen LogP contribution in [0.1, 0.15) is 17.5 Å². The van der Waals surface area contributed by atoms with E-state index in [1.165, 1.54) is 29.0 Å². The van der Waals surface area contributed by atoms with E-state index in [0.717, 1.165) is 12.8 Å². The number of benzene rings is 1. The van der Waals surface area contributed by atoms with E-state index in [0.29, 0.717) is 34.8 Å². The molecule has 0 aliphatic heterocycles. The van der Waals surface area contributed by atoms with Crippen molar-refractivity contribution in [1.29, 1.82) is 0 Å². The molecule has 5 nitrogen and oxygen atoms in total. The van der Waals surface area contributed by atoms with Crippen LogP contribution in [-0.2, 0) is 6.42 Å². The van der Waals surface area contributed by atoms with Crippen molar-refractivity contribution in [3.05, 3.63) is 84.1 Å². The highest BCUT2D eigenvalue weighted by atomic mass is 19.1. The maximum atomic E-state index is 13.6. The topological polar surface area (TPSA) is 63.6 Å². The maximum Gasteiger partial charge on any atom is 0.163 e. The molecule has 1 aromatic carbocycles. The van der Waals surface area contributed by atoms with Crippen LogP contribution < -0.4 is 5.32 Å². The Kier molecular flexibility index (Phi) is 4.44. The van der Waals surface area contributed by atoms with Gasteiger partial charge >= 0.3 is 0 Å². The lowest BCUT2D eigenvalue weighted by Crippen LogP contribution is -2.07. The van der Waals surface area contributed by atoms with Crippen molar-refractivity contribution in [2.24, 2.45) is 0 Å². The predicted octanol–water partition coefficient (Wildman–Crippen LogP) is 4.67. The summed E-state index contributed by atoms with van der Waals surface area (Å²) >= 11 is 0. The molecular weight excluding hydrogens is 365 g/mol. The zero-order chi connectivity index (χ0) is 19.6. The fraction of sp³-hybridized carbons (Fsp3) is 0.130. The van der Waals surface area contributed by atoms with Gasteiger partial charge in [-0.25, -0.2) is 14.4 Å². The molecule has 6 heteroatoms. The molecule has 3 aromatic heterocycles. The summed E-state index contributed by atoms with van der Waals surface area (Å²) in [5.41, 5.74) is 5.97. The minimum atomic E-state index is -0.418. The molecule has 0 atom stereocenters. The van der Waals surface area contributed by atoms with Gasteiger partial charge in [-0.1, -0.05) is 30.3 Å². The molecule has 1 aliphatic carbocycles. The van der Waals surface area contributed by atoms with Gasteiger partial charge in [-0.05, 0) is 47.7 Å². The van der Waals surface area contributed by atoms with E-state index in [1.807, 2.05) is 12.1 Å². The maximum absolute atomic E-state index is 13.6. The Hall–Kier alpha value is -3.67. The highest BCUT2D eigenvalue weighted by Crippen LogP contribution is 2.30. The number of hydrogen-bond acceptors (Lipinski definition) is 5. The minimum absolute atomic E-state index is 0.418. The lowest BCUT2D eigenvalue weighted by atomic mass is 10.0. The number of nitrogens with zero attached hydrogens (tertiary/aromatic N) is 4. The van der Waals surface area contributed by atoms with E-state index in [4.69, 9.17) is 0 Å². The normalized spacial score (nSPS) is 12.7. The second-order valence-electron chi connectivity index (χ2n) is 6.93. The number of nitrogens with one attached hydrogen (secondary N) is 1. The minimum Gasteiger partial charge on any atom is -0.368 e. The van der Waals surface area contributed by atoms with Gasteiger partial charge in [0.15, 0.2) is 11.6 Å². The largest absolute Gasteiger partial charge is 0.368 e. The molecule has 5 rings (SSSR count). The molecule has 0 fully saturated rings. The molecule has 29 heavy (non-hydrogen) atoms. The summed E-state index contributed by atoms with van der Waals surface area (Å²) in [5, 5.41) is 3.40. The number of aromatic nitrogens is 4. The average Bonchev–Trinajstić information content (AvgIpc) is 3.17. The van der Waals surface area contributed by atoms with Gasteiger partial charge in [0.1, 0.15) is 11.3 Å². The fourth-order valence-corrected chi connectivity index (χ4v) is 3.66. The average molecular weight is 383 g/mol. The summed E-state index contributed by atoms with van der Waals surface area (Å²) in [6, 6.07) is 13.6. The molecular formula is C23H18FN5. The van der Waals surface area contributed by atoms with Gasteiger partial charge in [0.2, 0.25) is 0 Å².